The summed E-state index contributed by atoms with van der Waals surface area (Å²) in [6, 6.07) is 10.0. The second-order valence-electron chi connectivity index (χ2n) is 7.93. The second kappa shape index (κ2) is 8.88. The minimum absolute atomic E-state index is 0.0674. The molecule has 4 rings (SSSR count). The first kappa shape index (κ1) is 21.0. The number of furan rings is 1. The van der Waals surface area contributed by atoms with Crippen LogP contribution < -0.4 is 9.47 Å². The number of rotatable bonds is 6. The van der Waals surface area contributed by atoms with Crippen molar-refractivity contribution in [3.8, 4) is 22.6 Å². The first-order valence-electron chi connectivity index (χ1n) is 10.8. The summed E-state index contributed by atoms with van der Waals surface area (Å²) in [5.74, 6) is 1.65. The Morgan fingerprint density at radius 1 is 1.19 bits per heavy atom. The van der Waals surface area contributed by atoms with E-state index in [2.05, 4.69) is 6.07 Å². The topological polar surface area (TPSA) is 51.9 Å². The van der Waals surface area contributed by atoms with Gasteiger partial charge in [0.25, 0.3) is 0 Å². The number of carbonyl (C=O) groups is 1. The zero-order valence-corrected chi connectivity index (χ0v) is 18.7. The molecule has 1 amide bonds. The molecule has 31 heavy (non-hydrogen) atoms. The van der Waals surface area contributed by atoms with Crippen molar-refractivity contribution < 1.29 is 18.7 Å². The number of nitrogens with zero attached hydrogens (tertiary/aromatic N) is 1. The minimum Gasteiger partial charge on any atom is -0.497 e. The van der Waals surface area contributed by atoms with Crippen LogP contribution in [-0.4, -0.2) is 37.6 Å². The van der Waals surface area contributed by atoms with Crippen LogP contribution in [0.4, 0.5) is 0 Å². The summed E-state index contributed by atoms with van der Waals surface area (Å²) in [4.78, 5) is 14.6. The summed E-state index contributed by atoms with van der Waals surface area (Å²) in [5, 5.41) is 1.00. The van der Waals surface area contributed by atoms with E-state index in [9.17, 15) is 4.79 Å². The van der Waals surface area contributed by atoms with Gasteiger partial charge in [-0.15, -0.1) is 0 Å². The van der Waals surface area contributed by atoms with Crippen LogP contribution >= 0.6 is 0 Å². The highest BCUT2D eigenvalue weighted by atomic mass is 16.5. The minimum atomic E-state index is 0.0674. The van der Waals surface area contributed by atoms with Crippen molar-refractivity contribution >= 4 is 22.4 Å². The highest BCUT2D eigenvalue weighted by Gasteiger charge is 2.21. The third-order valence-corrected chi connectivity index (χ3v) is 5.92. The van der Waals surface area contributed by atoms with Gasteiger partial charge in [-0.05, 0) is 62.9 Å². The number of aryl methyl sites for hydroxylation is 1. The Kier molecular flexibility index (Phi) is 6.03. The van der Waals surface area contributed by atoms with Gasteiger partial charge in [0.15, 0.2) is 0 Å². The highest BCUT2D eigenvalue weighted by molar-refractivity contribution is 6.01. The van der Waals surface area contributed by atoms with Gasteiger partial charge in [-0.1, -0.05) is 12.1 Å². The van der Waals surface area contributed by atoms with Crippen LogP contribution in [0.3, 0.4) is 0 Å². The van der Waals surface area contributed by atoms with Crippen molar-refractivity contribution in [3.05, 3.63) is 53.8 Å². The Balaban J connectivity index is 1.82. The van der Waals surface area contributed by atoms with E-state index < -0.39 is 0 Å². The number of ether oxygens (including phenoxy) is 2. The lowest BCUT2D eigenvalue weighted by Crippen LogP contribution is -2.25. The van der Waals surface area contributed by atoms with Crippen molar-refractivity contribution in [2.24, 2.45) is 0 Å². The van der Waals surface area contributed by atoms with Crippen molar-refractivity contribution in [3.63, 3.8) is 0 Å². The fourth-order valence-electron chi connectivity index (χ4n) is 4.22. The SMILES string of the molecule is CCOc1c(/C(C)=C/C(=O)N2CCCC2)cc2c(-c3ccc(OC)cc3)coc2c1C. The molecule has 1 aliphatic rings. The molecule has 162 valence electrons. The number of benzene rings is 2. The van der Waals surface area contributed by atoms with E-state index in [1.165, 1.54) is 0 Å². The van der Waals surface area contributed by atoms with Gasteiger partial charge in [0.1, 0.15) is 17.1 Å². The van der Waals surface area contributed by atoms with Crippen LogP contribution in [0.25, 0.3) is 27.7 Å². The maximum Gasteiger partial charge on any atom is 0.246 e. The Hall–Kier alpha value is -3.21. The maximum atomic E-state index is 12.7. The number of allylic oxidation sites excluding steroid dienone is 1. The zero-order chi connectivity index (χ0) is 22.0. The van der Waals surface area contributed by atoms with Gasteiger partial charge in [0, 0.05) is 41.2 Å². The van der Waals surface area contributed by atoms with Gasteiger partial charge >= 0.3 is 0 Å². The van der Waals surface area contributed by atoms with Gasteiger partial charge in [-0.3, -0.25) is 4.79 Å². The number of carbonyl (C=O) groups excluding carboxylic acids is 1. The predicted molar refractivity (Wildman–Crippen MR) is 124 cm³/mol. The molecule has 0 saturated carbocycles. The zero-order valence-electron chi connectivity index (χ0n) is 18.7. The van der Waals surface area contributed by atoms with E-state index in [0.717, 1.165) is 76.2 Å². The maximum absolute atomic E-state index is 12.7. The molecule has 0 aliphatic carbocycles. The molecule has 3 aromatic rings. The highest BCUT2D eigenvalue weighted by Crippen LogP contribution is 2.41. The molecule has 0 spiro atoms. The monoisotopic (exact) mass is 419 g/mol. The van der Waals surface area contributed by atoms with Crippen LogP contribution in [0.2, 0.25) is 0 Å². The van der Waals surface area contributed by atoms with Crippen molar-refractivity contribution in [2.45, 2.75) is 33.6 Å². The normalized spacial score (nSPS) is 14.3. The average molecular weight is 420 g/mol. The number of amides is 1. The van der Waals surface area contributed by atoms with Gasteiger partial charge in [0.05, 0.1) is 20.0 Å². The molecule has 0 bridgehead atoms. The van der Waals surface area contributed by atoms with Gasteiger partial charge in [0.2, 0.25) is 5.91 Å². The summed E-state index contributed by atoms with van der Waals surface area (Å²) in [6.45, 7) is 8.16. The fourth-order valence-corrected chi connectivity index (χ4v) is 4.22. The lowest BCUT2D eigenvalue weighted by Gasteiger charge is -2.16. The number of hydrogen-bond donors (Lipinski definition) is 0. The largest absolute Gasteiger partial charge is 0.497 e. The van der Waals surface area contributed by atoms with Crippen LogP contribution in [0.15, 0.2) is 47.1 Å². The molecular formula is C26H29NO4. The van der Waals surface area contributed by atoms with Gasteiger partial charge in [-0.25, -0.2) is 0 Å². The van der Waals surface area contributed by atoms with Crippen LogP contribution in [0, 0.1) is 6.92 Å². The molecule has 1 aliphatic heterocycles. The molecule has 0 N–H and O–H groups in total. The van der Waals surface area contributed by atoms with Crippen LogP contribution in [-0.2, 0) is 4.79 Å². The average Bonchev–Trinajstić information content (AvgIpc) is 3.46. The molecule has 1 fully saturated rings. The molecule has 2 aromatic carbocycles. The number of likely N-dealkylation sites (tertiary alicyclic amines) is 1. The molecular weight excluding hydrogens is 390 g/mol. The molecule has 5 nitrogen and oxygen atoms in total. The first-order valence-corrected chi connectivity index (χ1v) is 10.8. The summed E-state index contributed by atoms with van der Waals surface area (Å²) in [6.07, 6.45) is 5.68. The second-order valence-corrected chi connectivity index (χ2v) is 7.93. The summed E-state index contributed by atoms with van der Waals surface area (Å²) in [7, 11) is 1.66. The smallest absolute Gasteiger partial charge is 0.246 e. The summed E-state index contributed by atoms with van der Waals surface area (Å²) >= 11 is 0. The van der Waals surface area contributed by atoms with Gasteiger partial charge in [-0.2, -0.15) is 0 Å². The molecule has 2 heterocycles. The third kappa shape index (κ3) is 4.05. The van der Waals surface area contributed by atoms with Crippen molar-refractivity contribution in [1.82, 2.24) is 4.90 Å². The predicted octanol–water partition coefficient (Wildman–Crippen LogP) is 5.84. The van der Waals surface area contributed by atoms with Crippen LogP contribution in [0.5, 0.6) is 11.5 Å². The Bertz CT molecular complexity index is 1120. The lowest BCUT2D eigenvalue weighted by atomic mass is 9.96. The molecule has 0 atom stereocenters. The Labute approximate surface area is 183 Å². The van der Waals surface area contributed by atoms with Gasteiger partial charge < -0.3 is 18.8 Å². The van der Waals surface area contributed by atoms with E-state index in [4.69, 9.17) is 13.9 Å². The summed E-state index contributed by atoms with van der Waals surface area (Å²) in [5.41, 5.74) is 5.61. The van der Waals surface area contributed by atoms with Crippen molar-refractivity contribution in [2.75, 3.05) is 26.8 Å². The molecule has 0 unspecified atom stereocenters. The standard InChI is InChI=1S/C26H29NO4/c1-5-30-25-18(3)26-22(23(16-31-26)19-8-10-20(29-4)11-9-19)15-21(25)17(2)14-24(28)27-12-6-7-13-27/h8-11,14-16H,5-7,12-13H2,1-4H3/b17-14+. The fraction of sp³-hybridized carbons (Fsp3) is 0.346. The number of fused-ring (bicyclic) bond motifs is 1. The molecule has 0 radical (unpaired) electrons. The van der Waals surface area contributed by atoms with E-state index in [0.29, 0.717) is 6.61 Å². The molecule has 1 aromatic heterocycles. The molecule has 1 saturated heterocycles. The van der Waals surface area contributed by atoms with Crippen LogP contribution in [0.1, 0.15) is 37.8 Å². The van der Waals surface area contributed by atoms with E-state index in [-0.39, 0.29) is 5.91 Å². The van der Waals surface area contributed by atoms with E-state index >= 15 is 0 Å². The number of methoxy groups -OCH3 is 1. The Morgan fingerprint density at radius 2 is 1.90 bits per heavy atom. The quantitative estimate of drug-likeness (QED) is 0.471. The third-order valence-electron chi connectivity index (χ3n) is 5.92. The summed E-state index contributed by atoms with van der Waals surface area (Å²) < 4.78 is 17.3. The Morgan fingerprint density at radius 3 is 2.55 bits per heavy atom. The lowest BCUT2D eigenvalue weighted by molar-refractivity contribution is -0.124. The molecule has 5 heteroatoms. The van der Waals surface area contributed by atoms with Crippen molar-refractivity contribution in [1.29, 1.82) is 0 Å². The number of hydrogen-bond acceptors (Lipinski definition) is 4. The first-order chi connectivity index (χ1) is 15.0. The van der Waals surface area contributed by atoms with E-state index in [1.807, 2.05) is 49.9 Å². The van der Waals surface area contributed by atoms with E-state index in [1.54, 1.807) is 19.4 Å².